The predicted molar refractivity (Wildman–Crippen MR) is 77.0 cm³/mol. The Morgan fingerprint density at radius 2 is 1.90 bits per heavy atom. The Bertz CT molecular complexity index is 754. The molecule has 0 aliphatic rings. The number of aldehydes is 1. The largest absolute Gasteiger partial charge is 0.497 e. The van der Waals surface area contributed by atoms with E-state index in [1.165, 1.54) is 11.3 Å². The van der Waals surface area contributed by atoms with Crippen LogP contribution in [0, 0.1) is 0 Å². The molecule has 5 nitrogen and oxygen atoms in total. The minimum absolute atomic E-state index is 0.525. The van der Waals surface area contributed by atoms with Gasteiger partial charge in [0.1, 0.15) is 22.9 Å². The Balaban J connectivity index is 2.23. The average molecular weight is 288 g/mol. The van der Waals surface area contributed by atoms with E-state index in [1.54, 1.807) is 24.7 Å². The Labute approximate surface area is 119 Å². The van der Waals surface area contributed by atoms with Crippen LogP contribution in [-0.2, 0) is 0 Å². The monoisotopic (exact) mass is 288 g/mol. The minimum Gasteiger partial charge on any atom is -0.497 e. The summed E-state index contributed by atoms with van der Waals surface area (Å²) in [5.74, 6) is 1.32. The first-order valence-electron chi connectivity index (χ1n) is 5.91. The molecule has 3 aromatic rings. The molecule has 0 bridgehead atoms. The number of thiazole rings is 1. The van der Waals surface area contributed by atoms with Gasteiger partial charge in [0.15, 0.2) is 11.2 Å². The van der Waals surface area contributed by atoms with Crippen LogP contribution >= 0.6 is 11.3 Å². The van der Waals surface area contributed by atoms with E-state index in [0.717, 1.165) is 16.8 Å². The van der Waals surface area contributed by atoms with Crippen LogP contribution in [0.15, 0.2) is 29.8 Å². The molecule has 2 aromatic heterocycles. The molecule has 0 radical (unpaired) electrons. The fourth-order valence-corrected chi connectivity index (χ4v) is 2.79. The van der Waals surface area contributed by atoms with E-state index in [1.807, 2.05) is 23.7 Å². The number of carbonyl (C=O) groups is 1. The molecule has 0 saturated heterocycles. The molecule has 0 amide bonds. The molecular weight excluding hydrogens is 276 g/mol. The van der Waals surface area contributed by atoms with Crippen LogP contribution in [0.25, 0.3) is 16.2 Å². The summed E-state index contributed by atoms with van der Waals surface area (Å²) in [6, 6.07) is 5.45. The van der Waals surface area contributed by atoms with Gasteiger partial charge >= 0.3 is 0 Å². The van der Waals surface area contributed by atoms with Gasteiger partial charge in [0.05, 0.1) is 14.2 Å². The maximum Gasteiger partial charge on any atom is 0.194 e. The summed E-state index contributed by atoms with van der Waals surface area (Å²) in [6.45, 7) is 0. The molecule has 0 N–H and O–H groups in total. The van der Waals surface area contributed by atoms with E-state index in [9.17, 15) is 4.79 Å². The lowest BCUT2D eigenvalue weighted by atomic mass is 10.1. The molecule has 1 aromatic carbocycles. The van der Waals surface area contributed by atoms with E-state index in [-0.39, 0.29) is 0 Å². The summed E-state index contributed by atoms with van der Waals surface area (Å²) in [4.78, 5) is 16.6. The van der Waals surface area contributed by atoms with Crippen molar-refractivity contribution in [3.8, 4) is 22.8 Å². The minimum atomic E-state index is 0.525. The van der Waals surface area contributed by atoms with Crippen molar-refractivity contribution in [1.29, 1.82) is 0 Å². The molecule has 0 saturated carbocycles. The second kappa shape index (κ2) is 4.97. The van der Waals surface area contributed by atoms with E-state index >= 15 is 0 Å². The number of methoxy groups -OCH3 is 2. The molecule has 0 atom stereocenters. The van der Waals surface area contributed by atoms with Crippen molar-refractivity contribution < 1.29 is 14.3 Å². The van der Waals surface area contributed by atoms with Crippen molar-refractivity contribution in [1.82, 2.24) is 9.38 Å². The van der Waals surface area contributed by atoms with Crippen LogP contribution in [0.2, 0.25) is 0 Å². The van der Waals surface area contributed by atoms with E-state index in [0.29, 0.717) is 22.9 Å². The summed E-state index contributed by atoms with van der Waals surface area (Å²) >= 11 is 1.48. The third-order valence-corrected chi connectivity index (χ3v) is 3.79. The number of nitrogens with zero attached hydrogens (tertiary/aromatic N) is 2. The zero-order chi connectivity index (χ0) is 14.1. The zero-order valence-electron chi connectivity index (χ0n) is 11.0. The van der Waals surface area contributed by atoms with Crippen LogP contribution < -0.4 is 9.47 Å². The normalized spacial score (nSPS) is 10.7. The average Bonchev–Trinajstić information content (AvgIpc) is 3.06. The van der Waals surface area contributed by atoms with Gasteiger partial charge in [0.25, 0.3) is 0 Å². The van der Waals surface area contributed by atoms with Crippen molar-refractivity contribution in [2.75, 3.05) is 14.2 Å². The smallest absolute Gasteiger partial charge is 0.194 e. The van der Waals surface area contributed by atoms with Gasteiger partial charge in [-0.2, -0.15) is 0 Å². The van der Waals surface area contributed by atoms with Gasteiger partial charge in [-0.25, -0.2) is 4.98 Å². The van der Waals surface area contributed by atoms with E-state index in [4.69, 9.17) is 9.47 Å². The number of hydrogen-bond donors (Lipinski definition) is 0. The summed E-state index contributed by atoms with van der Waals surface area (Å²) in [7, 11) is 3.18. The molecule has 3 rings (SSSR count). The maximum absolute atomic E-state index is 11.4. The summed E-state index contributed by atoms with van der Waals surface area (Å²) in [5.41, 5.74) is 1.94. The second-order valence-electron chi connectivity index (χ2n) is 4.12. The fraction of sp³-hybridized carbons (Fsp3) is 0.143. The van der Waals surface area contributed by atoms with Gasteiger partial charge in [-0.15, -0.1) is 11.3 Å². The Morgan fingerprint density at radius 3 is 2.50 bits per heavy atom. The van der Waals surface area contributed by atoms with Gasteiger partial charge < -0.3 is 9.47 Å². The molecular formula is C14H12N2O3S. The lowest BCUT2D eigenvalue weighted by molar-refractivity contribution is 0.111. The van der Waals surface area contributed by atoms with Crippen LogP contribution in [0.3, 0.4) is 0 Å². The zero-order valence-corrected chi connectivity index (χ0v) is 11.8. The van der Waals surface area contributed by atoms with Crippen molar-refractivity contribution in [2.24, 2.45) is 0 Å². The third kappa shape index (κ3) is 1.94. The van der Waals surface area contributed by atoms with Crippen molar-refractivity contribution >= 4 is 22.6 Å². The highest BCUT2D eigenvalue weighted by atomic mass is 32.1. The first-order chi connectivity index (χ1) is 9.76. The molecule has 102 valence electrons. The number of aromatic nitrogens is 2. The lowest BCUT2D eigenvalue weighted by Gasteiger charge is -2.07. The van der Waals surface area contributed by atoms with Crippen molar-refractivity contribution in [2.45, 2.75) is 0 Å². The second-order valence-corrected chi connectivity index (χ2v) is 4.99. The third-order valence-electron chi connectivity index (χ3n) is 3.04. The highest BCUT2D eigenvalue weighted by molar-refractivity contribution is 7.15. The molecule has 20 heavy (non-hydrogen) atoms. The van der Waals surface area contributed by atoms with Crippen molar-refractivity contribution in [3.63, 3.8) is 0 Å². The standard InChI is InChI=1S/C14H12N2O3S/c1-18-10-5-9(6-11(7-10)19-2)13-12(8-17)16-3-4-20-14(16)15-13/h3-8H,1-2H3. The van der Waals surface area contributed by atoms with Gasteiger partial charge in [0.2, 0.25) is 0 Å². The number of ether oxygens (including phenoxy) is 2. The number of hydrogen-bond acceptors (Lipinski definition) is 5. The van der Waals surface area contributed by atoms with Gasteiger partial charge in [-0.3, -0.25) is 9.20 Å². The van der Waals surface area contributed by atoms with Crippen molar-refractivity contribution in [3.05, 3.63) is 35.5 Å². The number of carbonyl (C=O) groups excluding carboxylic acids is 1. The first-order valence-corrected chi connectivity index (χ1v) is 6.79. The van der Waals surface area contributed by atoms with Crippen LogP contribution in [0.1, 0.15) is 10.5 Å². The number of imidazole rings is 1. The van der Waals surface area contributed by atoms with Crippen LogP contribution in [0.5, 0.6) is 11.5 Å². The summed E-state index contributed by atoms with van der Waals surface area (Å²) < 4.78 is 12.3. The first kappa shape index (κ1) is 12.7. The highest BCUT2D eigenvalue weighted by Crippen LogP contribution is 2.32. The molecule has 0 aliphatic carbocycles. The SMILES string of the molecule is COc1cc(OC)cc(-c2nc3sccn3c2C=O)c1. The highest BCUT2D eigenvalue weighted by Gasteiger charge is 2.15. The van der Waals surface area contributed by atoms with E-state index < -0.39 is 0 Å². The Hall–Kier alpha value is -2.34. The fourth-order valence-electron chi connectivity index (χ4n) is 2.07. The lowest BCUT2D eigenvalue weighted by Crippen LogP contribution is -1.92. The molecule has 0 fully saturated rings. The summed E-state index contributed by atoms with van der Waals surface area (Å²) in [5, 5.41) is 1.89. The van der Waals surface area contributed by atoms with Crippen LogP contribution in [0.4, 0.5) is 0 Å². The quantitative estimate of drug-likeness (QED) is 0.693. The Kier molecular flexibility index (Phi) is 3.15. The number of fused-ring (bicyclic) bond motifs is 1. The maximum atomic E-state index is 11.4. The van der Waals surface area contributed by atoms with Gasteiger partial charge in [-0.05, 0) is 12.1 Å². The number of benzene rings is 1. The molecule has 0 aliphatic heterocycles. The van der Waals surface area contributed by atoms with Gasteiger partial charge in [0, 0.05) is 23.2 Å². The molecule has 0 spiro atoms. The van der Waals surface area contributed by atoms with Gasteiger partial charge in [-0.1, -0.05) is 0 Å². The summed E-state index contributed by atoms with van der Waals surface area (Å²) in [6.07, 6.45) is 2.64. The topological polar surface area (TPSA) is 52.8 Å². The number of rotatable bonds is 4. The molecule has 6 heteroatoms. The Morgan fingerprint density at radius 1 is 1.20 bits per heavy atom. The van der Waals surface area contributed by atoms with E-state index in [2.05, 4.69) is 4.98 Å². The van der Waals surface area contributed by atoms with Crippen LogP contribution in [-0.4, -0.2) is 29.9 Å². The molecule has 0 unspecified atom stereocenters. The predicted octanol–water partition coefficient (Wildman–Crippen LogP) is 2.89. The molecule has 2 heterocycles.